The summed E-state index contributed by atoms with van der Waals surface area (Å²) in [6.45, 7) is 8.80. The van der Waals surface area contributed by atoms with Gasteiger partial charge in [0.05, 0.1) is 11.4 Å². The summed E-state index contributed by atoms with van der Waals surface area (Å²) >= 11 is 0. The monoisotopic (exact) mass is 620 g/mol. The van der Waals surface area contributed by atoms with Gasteiger partial charge in [-0.25, -0.2) is 0 Å². The van der Waals surface area contributed by atoms with Crippen molar-refractivity contribution in [1.82, 2.24) is 0 Å². The molecule has 6 aromatic rings. The molecule has 1 unspecified atom stereocenters. The second-order valence-electron chi connectivity index (χ2n) is 12.4. The van der Waals surface area contributed by atoms with Crippen molar-refractivity contribution in [1.29, 1.82) is 0 Å². The molecule has 234 valence electrons. The molecule has 1 aliphatic rings. The van der Waals surface area contributed by atoms with Crippen LogP contribution in [0.4, 0.5) is 28.4 Å². The molecular weight excluding hydrogens is 581 g/mol. The first-order chi connectivity index (χ1) is 23.6. The van der Waals surface area contributed by atoms with E-state index in [0.717, 1.165) is 40.6 Å². The van der Waals surface area contributed by atoms with Gasteiger partial charge >= 0.3 is 0 Å². The zero-order valence-corrected chi connectivity index (χ0v) is 27.6. The fraction of sp³-hybridized carbons (Fsp3) is 0.0870. The highest BCUT2D eigenvalue weighted by Gasteiger charge is 2.21. The van der Waals surface area contributed by atoms with Crippen molar-refractivity contribution in [3.63, 3.8) is 0 Å². The zero-order chi connectivity index (χ0) is 32.9. The molecule has 0 saturated heterocycles. The van der Waals surface area contributed by atoms with E-state index in [1.807, 2.05) is 0 Å². The third-order valence-corrected chi connectivity index (χ3v) is 9.00. The smallest absolute Gasteiger partial charge is 0.0540 e. The molecule has 1 aliphatic carbocycles. The van der Waals surface area contributed by atoms with Crippen LogP contribution in [0, 0.1) is 5.92 Å². The maximum absolute atomic E-state index is 4.47. The highest BCUT2D eigenvalue weighted by atomic mass is 15.2. The summed E-state index contributed by atoms with van der Waals surface area (Å²) in [6, 6.07) is 54.1. The SMILES string of the molecule is C=C1CC(C)C=C/C1=C(/C=C\C)N(c1ccccc1)c1ccc(-c2ccc(N(c3ccccc3)c3cccc4ccccc34)cc2)cc1. The molecule has 1 atom stereocenters. The molecule has 0 saturated carbocycles. The Labute approximate surface area is 284 Å². The van der Waals surface area contributed by atoms with Crippen LogP contribution in [0.1, 0.15) is 20.3 Å². The molecule has 6 aromatic carbocycles. The van der Waals surface area contributed by atoms with Crippen molar-refractivity contribution in [2.75, 3.05) is 9.80 Å². The predicted molar refractivity (Wildman–Crippen MR) is 207 cm³/mol. The van der Waals surface area contributed by atoms with E-state index in [1.165, 1.54) is 33.0 Å². The molecule has 2 heteroatoms. The maximum Gasteiger partial charge on any atom is 0.0540 e. The van der Waals surface area contributed by atoms with Gasteiger partial charge in [0, 0.05) is 33.7 Å². The first-order valence-corrected chi connectivity index (χ1v) is 16.7. The lowest BCUT2D eigenvalue weighted by Gasteiger charge is -2.30. The predicted octanol–water partition coefficient (Wildman–Crippen LogP) is 13.1. The Bertz CT molecular complexity index is 2110. The van der Waals surface area contributed by atoms with Gasteiger partial charge < -0.3 is 9.80 Å². The third kappa shape index (κ3) is 6.26. The molecule has 48 heavy (non-hydrogen) atoms. The van der Waals surface area contributed by atoms with Gasteiger partial charge in [0.1, 0.15) is 0 Å². The van der Waals surface area contributed by atoms with Crippen molar-refractivity contribution in [2.45, 2.75) is 20.3 Å². The third-order valence-electron chi connectivity index (χ3n) is 9.00. The van der Waals surface area contributed by atoms with Crippen LogP contribution in [0.3, 0.4) is 0 Å². The highest BCUT2D eigenvalue weighted by Crippen LogP contribution is 2.40. The summed E-state index contributed by atoms with van der Waals surface area (Å²) in [5, 5.41) is 2.45. The van der Waals surface area contributed by atoms with Gasteiger partial charge in [0.15, 0.2) is 0 Å². The summed E-state index contributed by atoms with van der Waals surface area (Å²) in [7, 11) is 0. The molecular formula is C46H40N2. The number of hydrogen-bond donors (Lipinski definition) is 0. The maximum atomic E-state index is 4.47. The van der Waals surface area contributed by atoms with E-state index < -0.39 is 0 Å². The van der Waals surface area contributed by atoms with Gasteiger partial charge in [-0.05, 0) is 102 Å². The fourth-order valence-electron chi connectivity index (χ4n) is 6.67. The summed E-state index contributed by atoms with van der Waals surface area (Å²) in [6.07, 6.45) is 9.82. The van der Waals surface area contributed by atoms with Gasteiger partial charge in [-0.1, -0.05) is 129 Å². The number of hydrogen-bond acceptors (Lipinski definition) is 2. The lowest BCUT2D eigenvalue weighted by atomic mass is 9.88. The Morgan fingerprint density at radius 1 is 0.625 bits per heavy atom. The number of benzene rings is 6. The molecule has 0 heterocycles. The number of para-hydroxylation sites is 2. The van der Waals surface area contributed by atoms with E-state index in [4.69, 9.17) is 0 Å². The van der Waals surface area contributed by atoms with E-state index in [0.29, 0.717) is 5.92 Å². The zero-order valence-electron chi connectivity index (χ0n) is 27.6. The average molecular weight is 621 g/mol. The lowest BCUT2D eigenvalue weighted by molar-refractivity contribution is 0.709. The first-order valence-electron chi connectivity index (χ1n) is 16.7. The van der Waals surface area contributed by atoms with Crippen LogP contribution in [-0.4, -0.2) is 0 Å². The van der Waals surface area contributed by atoms with Gasteiger partial charge in [-0.2, -0.15) is 0 Å². The first kappa shape index (κ1) is 30.8. The van der Waals surface area contributed by atoms with Crippen molar-refractivity contribution in [3.05, 3.63) is 199 Å². The quantitative estimate of drug-likeness (QED) is 0.167. The van der Waals surface area contributed by atoms with Crippen LogP contribution < -0.4 is 9.80 Å². The van der Waals surface area contributed by atoms with E-state index in [2.05, 4.69) is 206 Å². The molecule has 0 bridgehead atoms. The number of anilines is 5. The second-order valence-corrected chi connectivity index (χ2v) is 12.4. The van der Waals surface area contributed by atoms with Crippen molar-refractivity contribution >= 4 is 39.2 Å². The van der Waals surface area contributed by atoms with Gasteiger partial charge in [-0.3, -0.25) is 0 Å². The molecule has 7 rings (SSSR count). The number of rotatable bonds is 8. The minimum absolute atomic E-state index is 0.496. The van der Waals surface area contributed by atoms with Gasteiger partial charge in [0.2, 0.25) is 0 Å². The normalized spacial score (nSPS) is 15.5. The van der Waals surface area contributed by atoms with Crippen LogP contribution >= 0.6 is 0 Å². The molecule has 0 amide bonds. The van der Waals surface area contributed by atoms with Crippen LogP contribution in [0.2, 0.25) is 0 Å². The van der Waals surface area contributed by atoms with Gasteiger partial charge in [0.25, 0.3) is 0 Å². The van der Waals surface area contributed by atoms with E-state index in [9.17, 15) is 0 Å². The molecule has 0 N–H and O–H groups in total. The Morgan fingerprint density at radius 2 is 1.17 bits per heavy atom. The topological polar surface area (TPSA) is 6.48 Å². The van der Waals surface area contributed by atoms with Crippen LogP contribution in [0.25, 0.3) is 21.9 Å². The van der Waals surface area contributed by atoms with E-state index in [-0.39, 0.29) is 0 Å². The summed E-state index contributed by atoms with van der Waals surface area (Å²) in [5.74, 6) is 0.496. The average Bonchev–Trinajstić information content (AvgIpc) is 3.13. The summed E-state index contributed by atoms with van der Waals surface area (Å²) in [4.78, 5) is 4.69. The summed E-state index contributed by atoms with van der Waals surface area (Å²) < 4.78 is 0. The van der Waals surface area contributed by atoms with Crippen LogP contribution in [-0.2, 0) is 0 Å². The molecule has 0 aromatic heterocycles. The van der Waals surface area contributed by atoms with Crippen molar-refractivity contribution < 1.29 is 0 Å². The second kappa shape index (κ2) is 13.9. The Balaban J connectivity index is 1.25. The number of nitrogens with zero attached hydrogens (tertiary/aromatic N) is 2. The Morgan fingerprint density at radius 3 is 1.81 bits per heavy atom. The molecule has 0 radical (unpaired) electrons. The molecule has 0 fully saturated rings. The Hall–Kier alpha value is -5.86. The largest absolute Gasteiger partial charge is 0.310 e. The lowest BCUT2D eigenvalue weighted by Crippen LogP contribution is -2.18. The van der Waals surface area contributed by atoms with Gasteiger partial charge in [-0.15, -0.1) is 0 Å². The summed E-state index contributed by atoms with van der Waals surface area (Å²) in [5.41, 5.74) is 11.5. The van der Waals surface area contributed by atoms with Crippen molar-refractivity contribution in [2.24, 2.45) is 5.92 Å². The van der Waals surface area contributed by atoms with Crippen LogP contribution in [0.5, 0.6) is 0 Å². The van der Waals surface area contributed by atoms with E-state index >= 15 is 0 Å². The standard InChI is InChI=1S/C46H40N2/c1-4-14-45(43-32-23-34(2)33-35(43)3)47(39-17-7-5-8-18-39)41-28-24-36(25-29-41)37-26-30-42(31-27-37)48(40-19-9-6-10-20-40)46-22-13-16-38-15-11-12-21-44(38)46/h4-32,34H,3,33H2,1-2H3/b14-4-,45-43+. The number of fused-ring (bicyclic) bond motifs is 1. The van der Waals surface area contributed by atoms with Crippen molar-refractivity contribution in [3.8, 4) is 11.1 Å². The van der Waals surface area contributed by atoms with E-state index in [1.54, 1.807) is 0 Å². The minimum atomic E-state index is 0.496. The molecule has 2 nitrogen and oxygen atoms in total. The number of allylic oxidation sites excluding steroid dienone is 6. The van der Waals surface area contributed by atoms with Crippen LogP contribution in [0.15, 0.2) is 199 Å². The minimum Gasteiger partial charge on any atom is -0.310 e. The molecule has 0 spiro atoms. The Kier molecular flexibility index (Phi) is 8.89. The molecule has 0 aliphatic heterocycles. The highest BCUT2D eigenvalue weighted by molar-refractivity contribution is 5.99. The fourth-order valence-corrected chi connectivity index (χ4v) is 6.67.